The first-order chi connectivity index (χ1) is 13.3. The van der Waals surface area contributed by atoms with Crippen molar-refractivity contribution in [2.75, 3.05) is 32.8 Å². The Morgan fingerprint density at radius 3 is 2.70 bits per heavy atom. The molecule has 5 nitrogen and oxygen atoms in total. The van der Waals surface area contributed by atoms with Crippen molar-refractivity contribution in [2.45, 2.75) is 25.2 Å². The molecule has 0 amide bonds. The first-order valence-corrected chi connectivity index (χ1v) is 9.72. The lowest BCUT2D eigenvalue weighted by Gasteiger charge is -2.19. The summed E-state index contributed by atoms with van der Waals surface area (Å²) in [4.78, 5) is 2.51. The Hall–Kier alpha value is -2.53. The summed E-state index contributed by atoms with van der Waals surface area (Å²) < 4.78 is 11.2. The molecule has 0 radical (unpaired) electrons. The van der Waals surface area contributed by atoms with Gasteiger partial charge in [-0.05, 0) is 62.0 Å². The van der Waals surface area contributed by atoms with E-state index in [0.717, 1.165) is 49.5 Å². The summed E-state index contributed by atoms with van der Waals surface area (Å²) >= 11 is 0. The van der Waals surface area contributed by atoms with Crippen molar-refractivity contribution in [2.24, 2.45) is 5.16 Å². The monoisotopic (exact) mass is 366 g/mol. The van der Waals surface area contributed by atoms with E-state index >= 15 is 0 Å². The van der Waals surface area contributed by atoms with Gasteiger partial charge in [0.2, 0.25) is 0 Å². The van der Waals surface area contributed by atoms with Crippen molar-refractivity contribution in [3.63, 3.8) is 0 Å². The van der Waals surface area contributed by atoms with Crippen molar-refractivity contribution in [1.82, 2.24) is 4.90 Å². The Morgan fingerprint density at radius 1 is 1.07 bits per heavy atom. The van der Waals surface area contributed by atoms with Gasteiger partial charge in [-0.1, -0.05) is 35.5 Å². The minimum atomic E-state index is 0.555. The summed E-state index contributed by atoms with van der Waals surface area (Å²) in [7, 11) is 0. The molecule has 27 heavy (non-hydrogen) atoms. The summed E-state index contributed by atoms with van der Waals surface area (Å²) in [6, 6.07) is 16.5. The summed E-state index contributed by atoms with van der Waals surface area (Å²) in [6.07, 6.45) is 2.92. The van der Waals surface area contributed by atoms with Gasteiger partial charge in [-0.3, -0.25) is 0 Å². The largest absolute Gasteiger partial charge is 0.486 e. The number of oxime groups is 1. The van der Waals surface area contributed by atoms with Crippen molar-refractivity contribution >= 4 is 5.71 Å². The van der Waals surface area contributed by atoms with Crippen LogP contribution < -0.4 is 9.47 Å². The van der Waals surface area contributed by atoms with Crippen LogP contribution in [-0.4, -0.2) is 48.7 Å². The molecule has 1 atom stereocenters. The quantitative estimate of drug-likeness (QED) is 0.478. The second-order valence-electron chi connectivity index (χ2n) is 7.21. The second kappa shape index (κ2) is 8.44. The fraction of sp³-hybridized carbons (Fsp3) is 0.409. The molecule has 2 aliphatic heterocycles. The topological polar surface area (TPSA) is 54.3 Å². The molecule has 2 aliphatic rings. The predicted molar refractivity (Wildman–Crippen MR) is 105 cm³/mol. The van der Waals surface area contributed by atoms with Crippen LogP contribution in [0, 0.1) is 0 Å². The van der Waals surface area contributed by atoms with Gasteiger partial charge in [0.1, 0.15) is 13.2 Å². The summed E-state index contributed by atoms with van der Waals surface area (Å²) in [5.41, 5.74) is 3.03. The highest BCUT2D eigenvalue weighted by Crippen LogP contribution is 2.31. The third-order valence-electron chi connectivity index (χ3n) is 5.43. The summed E-state index contributed by atoms with van der Waals surface area (Å²) in [5.74, 6) is 2.12. The molecule has 142 valence electrons. The molecule has 4 rings (SSSR count). The van der Waals surface area contributed by atoms with Gasteiger partial charge in [0.15, 0.2) is 11.5 Å². The van der Waals surface area contributed by atoms with Crippen LogP contribution >= 0.6 is 0 Å². The average Bonchev–Trinajstić information content (AvgIpc) is 3.20. The highest BCUT2D eigenvalue weighted by atomic mass is 16.6. The van der Waals surface area contributed by atoms with Gasteiger partial charge in [0.25, 0.3) is 0 Å². The Balaban J connectivity index is 1.29. The predicted octanol–water partition coefficient (Wildman–Crippen LogP) is 3.91. The number of hydrogen-bond acceptors (Lipinski definition) is 5. The van der Waals surface area contributed by atoms with Crippen LogP contribution in [0.3, 0.4) is 0 Å². The Morgan fingerprint density at radius 2 is 1.89 bits per heavy atom. The number of rotatable bonds is 6. The fourth-order valence-electron chi connectivity index (χ4n) is 3.98. The van der Waals surface area contributed by atoms with E-state index < -0.39 is 0 Å². The molecular formula is C22H26N2O3. The van der Waals surface area contributed by atoms with E-state index in [1.54, 1.807) is 0 Å². The molecule has 2 aromatic carbocycles. The zero-order chi connectivity index (χ0) is 18.5. The van der Waals surface area contributed by atoms with Crippen molar-refractivity contribution in [1.29, 1.82) is 0 Å². The van der Waals surface area contributed by atoms with Crippen LogP contribution in [0.25, 0.3) is 0 Å². The molecule has 1 unspecified atom stereocenters. The zero-order valence-electron chi connectivity index (χ0n) is 15.5. The zero-order valence-corrected chi connectivity index (χ0v) is 15.5. The molecule has 2 aromatic rings. The molecule has 0 saturated carbocycles. The van der Waals surface area contributed by atoms with E-state index in [1.807, 2.05) is 18.2 Å². The maximum atomic E-state index is 9.47. The van der Waals surface area contributed by atoms with Crippen LogP contribution in [0.15, 0.2) is 53.7 Å². The molecule has 2 heterocycles. The molecule has 0 spiro atoms. The van der Waals surface area contributed by atoms with Gasteiger partial charge in [0, 0.05) is 12.1 Å². The fourth-order valence-corrected chi connectivity index (χ4v) is 3.98. The average molecular weight is 366 g/mol. The van der Waals surface area contributed by atoms with Crippen LogP contribution in [0.5, 0.6) is 11.5 Å². The number of hydrogen-bond donors (Lipinski definition) is 1. The van der Waals surface area contributed by atoms with E-state index in [-0.39, 0.29) is 0 Å². The van der Waals surface area contributed by atoms with E-state index in [2.05, 4.69) is 40.4 Å². The standard InChI is InChI=1S/C22H26N2O3/c25-23-20(18-8-9-21-22(15-18)27-14-13-26-21)7-4-11-24-12-10-19(16-24)17-5-2-1-3-6-17/h1-3,5-6,8-9,15,19,25H,4,7,10-14,16H2/b23-20+. The third-order valence-corrected chi connectivity index (χ3v) is 5.43. The summed E-state index contributed by atoms with van der Waals surface area (Å²) in [6.45, 7) is 4.40. The van der Waals surface area contributed by atoms with E-state index in [9.17, 15) is 5.21 Å². The maximum absolute atomic E-state index is 9.47. The lowest BCUT2D eigenvalue weighted by atomic mass is 9.99. The maximum Gasteiger partial charge on any atom is 0.162 e. The molecule has 1 N–H and O–H groups in total. The van der Waals surface area contributed by atoms with E-state index in [0.29, 0.717) is 24.8 Å². The molecule has 0 aliphatic carbocycles. The SMILES string of the molecule is O/N=C(\CCCN1CCC(c2ccccc2)C1)c1ccc2c(c1)OCCO2. The molecule has 0 aromatic heterocycles. The number of nitrogens with zero attached hydrogens (tertiary/aromatic N) is 2. The Kier molecular flexibility index (Phi) is 5.58. The third kappa shape index (κ3) is 4.25. The molecule has 1 fully saturated rings. The lowest BCUT2D eigenvalue weighted by Crippen LogP contribution is -2.22. The van der Waals surface area contributed by atoms with E-state index in [4.69, 9.17) is 9.47 Å². The van der Waals surface area contributed by atoms with Gasteiger partial charge < -0.3 is 19.6 Å². The first kappa shape index (κ1) is 17.9. The van der Waals surface area contributed by atoms with Crippen LogP contribution in [-0.2, 0) is 0 Å². The molecule has 0 bridgehead atoms. The number of likely N-dealkylation sites (tertiary alicyclic amines) is 1. The Labute approximate surface area is 160 Å². The molecular weight excluding hydrogens is 340 g/mol. The molecule has 5 heteroatoms. The normalized spacial score (nSPS) is 20.0. The number of fused-ring (bicyclic) bond motifs is 1. The van der Waals surface area contributed by atoms with E-state index in [1.165, 1.54) is 12.0 Å². The minimum absolute atomic E-state index is 0.555. The van der Waals surface area contributed by atoms with Gasteiger partial charge >= 0.3 is 0 Å². The molecule has 1 saturated heterocycles. The highest BCUT2D eigenvalue weighted by Gasteiger charge is 2.23. The van der Waals surface area contributed by atoms with Crippen LogP contribution in [0.4, 0.5) is 0 Å². The smallest absolute Gasteiger partial charge is 0.162 e. The highest BCUT2D eigenvalue weighted by molar-refractivity contribution is 6.00. The summed E-state index contributed by atoms with van der Waals surface area (Å²) in [5, 5.41) is 13.0. The second-order valence-corrected chi connectivity index (χ2v) is 7.21. The van der Waals surface area contributed by atoms with Gasteiger partial charge in [0.05, 0.1) is 5.71 Å². The van der Waals surface area contributed by atoms with Gasteiger partial charge in [-0.2, -0.15) is 0 Å². The van der Waals surface area contributed by atoms with Crippen LogP contribution in [0.1, 0.15) is 36.3 Å². The van der Waals surface area contributed by atoms with Crippen molar-refractivity contribution < 1.29 is 14.7 Å². The minimum Gasteiger partial charge on any atom is -0.486 e. The number of ether oxygens (including phenoxy) is 2. The van der Waals surface area contributed by atoms with Crippen molar-refractivity contribution in [3.05, 3.63) is 59.7 Å². The van der Waals surface area contributed by atoms with Crippen molar-refractivity contribution in [3.8, 4) is 11.5 Å². The number of benzene rings is 2. The first-order valence-electron chi connectivity index (χ1n) is 9.72. The van der Waals surface area contributed by atoms with Gasteiger partial charge in [-0.25, -0.2) is 0 Å². The van der Waals surface area contributed by atoms with Crippen LogP contribution in [0.2, 0.25) is 0 Å². The van der Waals surface area contributed by atoms with Gasteiger partial charge in [-0.15, -0.1) is 0 Å². The Bertz CT molecular complexity index is 791. The lowest BCUT2D eigenvalue weighted by molar-refractivity contribution is 0.171.